The van der Waals surface area contributed by atoms with Crippen molar-refractivity contribution in [1.29, 1.82) is 0 Å². The van der Waals surface area contributed by atoms with E-state index in [1.807, 2.05) is 0 Å². The van der Waals surface area contributed by atoms with E-state index in [1.54, 1.807) is 4.90 Å². The second kappa shape index (κ2) is 6.43. The molecule has 2 amide bonds. The Balaban J connectivity index is 1.60. The van der Waals surface area contributed by atoms with Crippen molar-refractivity contribution >= 4 is 6.03 Å². The Morgan fingerprint density at radius 1 is 1.39 bits per heavy atom. The Bertz CT molecular complexity index is 590. The number of piperidine rings is 1. The van der Waals surface area contributed by atoms with Crippen LogP contribution in [0.4, 0.5) is 13.6 Å². The van der Waals surface area contributed by atoms with Crippen LogP contribution in [0.15, 0.2) is 18.2 Å². The molecule has 1 saturated heterocycles. The smallest absolute Gasteiger partial charge is 0.317 e. The van der Waals surface area contributed by atoms with E-state index in [2.05, 4.69) is 5.32 Å². The molecule has 0 radical (unpaired) electrons. The van der Waals surface area contributed by atoms with E-state index in [0.717, 1.165) is 31.7 Å². The molecule has 2 fully saturated rings. The number of halogens is 2. The average molecular weight is 324 g/mol. The van der Waals surface area contributed by atoms with Crippen LogP contribution in [0.1, 0.15) is 31.2 Å². The van der Waals surface area contributed by atoms with Crippen LogP contribution in [-0.2, 0) is 5.41 Å². The number of hydrogen-bond acceptors (Lipinski definition) is 2. The molecule has 1 aromatic carbocycles. The van der Waals surface area contributed by atoms with E-state index >= 15 is 0 Å². The number of nitrogens with one attached hydrogen (secondary N) is 1. The van der Waals surface area contributed by atoms with E-state index in [1.165, 1.54) is 12.1 Å². The minimum atomic E-state index is -0.588. The van der Waals surface area contributed by atoms with Gasteiger partial charge in [0, 0.05) is 37.7 Å². The number of carbonyl (C=O) groups is 1. The van der Waals surface area contributed by atoms with Gasteiger partial charge in [0.25, 0.3) is 0 Å². The first-order valence-corrected chi connectivity index (χ1v) is 8.13. The van der Waals surface area contributed by atoms with Gasteiger partial charge in [0.05, 0.1) is 0 Å². The highest BCUT2D eigenvalue weighted by molar-refractivity contribution is 5.74. The summed E-state index contributed by atoms with van der Waals surface area (Å²) in [5.41, 5.74) is 0.0747. The van der Waals surface area contributed by atoms with Crippen LogP contribution < -0.4 is 5.32 Å². The maximum Gasteiger partial charge on any atom is 0.317 e. The summed E-state index contributed by atoms with van der Waals surface area (Å²) in [6, 6.07) is 3.47. The molecule has 1 unspecified atom stereocenters. The number of hydrogen-bond donors (Lipinski definition) is 2. The minimum absolute atomic E-state index is 0.0918. The highest BCUT2D eigenvalue weighted by atomic mass is 19.1. The van der Waals surface area contributed by atoms with Crippen LogP contribution in [0.25, 0.3) is 0 Å². The van der Waals surface area contributed by atoms with Gasteiger partial charge in [0.1, 0.15) is 11.6 Å². The number of amides is 2. The molecule has 4 nitrogen and oxygen atoms in total. The second-order valence-corrected chi connectivity index (χ2v) is 6.70. The maximum absolute atomic E-state index is 14.0. The molecule has 6 heteroatoms. The third-order valence-corrected chi connectivity index (χ3v) is 5.00. The third kappa shape index (κ3) is 3.47. The highest BCUT2D eigenvalue weighted by Gasteiger charge is 2.46. The summed E-state index contributed by atoms with van der Waals surface area (Å²) in [6.07, 6.45) is 3.39. The first-order chi connectivity index (χ1) is 11.0. The van der Waals surface area contributed by atoms with Crippen molar-refractivity contribution in [3.05, 3.63) is 35.4 Å². The summed E-state index contributed by atoms with van der Waals surface area (Å²) in [7, 11) is 0. The van der Waals surface area contributed by atoms with Crippen molar-refractivity contribution < 1.29 is 18.7 Å². The molecule has 1 aliphatic heterocycles. The molecular formula is C17H22F2N2O2. The first kappa shape index (κ1) is 16.2. The van der Waals surface area contributed by atoms with E-state index in [-0.39, 0.29) is 18.6 Å². The average Bonchev–Trinajstić information content (AvgIpc) is 3.33. The number of urea groups is 1. The van der Waals surface area contributed by atoms with Gasteiger partial charge < -0.3 is 15.3 Å². The lowest BCUT2D eigenvalue weighted by Gasteiger charge is -2.32. The Morgan fingerprint density at radius 3 is 2.83 bits per heavy atom. The summed E-state index contributed by atoms with van der Waals surface area (Å²) >= 11 is 0. The molecule has 2 aliphatic rings. The largest absolute Gasteiger partial charge is 0.396 e. The van der Waals surface area contributed by atoms with Crippen molar-refractivity contribution in [3.8, 4) is 0 Å². The molecule has 1 aromatic rings. The topological polar surface area (TPSA) is 52.6 Å². The zero-order chi connectivity index (χ0) is 16.4. The zero-order valence-corrected chi connectivity index (χ0v) is 13.0. The Labute approximate surface area is 134 Å². The lowest BCUT2D eigenvalue weighted by molar-refractivity contribution is 0.129. The normalized spacial score (nSPS) is 22.7. The lowest BCUT2D eigenvalue weighted by Crippen LogP contribution is -2.47. The standard InChI is InChI=1S/C17H22F2N2O2/c18-13-3-4-14(15(19)8-13)17(5-6-17)11-20-16(23)21-7-1-2-12(9-21)10-22/h3-4,8,12,22H,1-2,5-7,9-11H2,(H,20,23). The molecule has 1 heterocycles. The molecule has 0 aromatic heterocycles. The van der Waals surface area contributed by atoms with Gasteiger partial charge in [-0.2, -0.15) is 0 Å². The van der Waals surface area contributed by atoms with E-state index in [4.69, 9.17) is 0 Å². The molecule has 2 N–H and O–H groups in total. The van der Waals surface area contributed by atoms with Crippen LogP contribution in [0, 0.1) is 17.6 Å². The molecule has 126 valence electrons. The Morgan fingerprint density at radius 2 is 2.17 bits per heavy atom. The number of likely N-dealkylation sites (tertiary alicyclic amines) is 1. The summed E-state index contributed by atoms with van der Waals surface area (Å²) in [6.45, 7) is 1.68. The van der Waals surface area contributed by atoms with E-state index < -0.39 is 17.0 Å². The summed E-state index contributed by atoms with van der Waals surface area (Å²) in [5, 5.41) is 12.1. The predicted molar refractivity (Wildman–Crippen MR) is 82.1 cm³/mol. The van der Waals surface area contributed by atoms with Gasteiger partial charge in [0.2, 0.25) is 0 Å². The monoisotopic (exact) mass is 324 g/mol. The number of aliphatic hydroxyl groups is 1. The van der Waals surface area contributed by atoms with Gasteiger partial charge >= 0.3 is 6.03 Å². The van der Waals surface area contributed by atoms with E-state index in [9.17, 15) is 18.7 Å². The highest BCUT2D eigenvalue weighted by Crippen LogP contribution is 2.48. The summed E-state index contributed by atoms with van der Waals surface area (Å²) in [4.78, 5) is 14.0. The Hall–Kier alpha value is -1.69. The van der Waals surface area contributed by atoms with Crippen molar-refractivity contribution in [2.24, 2.45) is 5.92 Å². The van der Waals surface area contributed by atoms with Crippen LogP contribution in [0.3, 0.4) is 0 Å². The Kier molecular flexibility index (Phi) is 4.53. The van der Waals surface area contributed by atoms with Crippen molar-refractivity contribution in [2.75, 3.05) is 26.2 Å². The molecular weight excluding hydrogens is 302 g/mol. The van der Waals surface area contributed by atoms with Gasteiger partial charge in [-0.1, -0.05) is 6.07 Å². The molecule has 0 spiro atoms. The molecule has 0 bridgehead atoms. The van der Waals surface area contributed by atoms with Gasteiger partial charge in [-0.25, -0.2) is 13.6 Å². The van der Waals surface area contributed by atoms with Gasteiger partial charge in [0.15, 0.2) is 0 Å². The summed E-state index contributed by atoms with van der Waals surface area (Å²) in [5.74, 6) is -0.997. The second-order valence-electron chi connectivity index (χ2n) is 6.70. The number of benzene rings is 1. The van der Waals surface area contributed by atoms with Crippen molar-refractivity contribution in [2.45, 2.75) is 31.1 Å². The maximum atomic E-state index is 14.0. The van der Waals surface area contributed by atoms with Crippen LogP contribution in [-0.4, -0.2) is 42.3 Å². The first-order valence-electron chi connectivity index (χ1n) is 8.13. The fourth-order valence-electron chi connectivity index (χ4n) is 3.37. The molecule has 1 saturated carbocycles. The molecule has 1 aliphatic carbocycles. The SMILES string of the molecule is O=C(NCC1(c2ccc(F)cc2F)CC1)N1CCCC(CO)C1. The van der Waals surface area contributed by atoms with E-state index in [0.29, 0.717) is 25.2 Å². The van der Waals surface area contributed by atoms with Crippen LogP contribution in [0.5, 0.6) is 0 Å². The molecule has 23 heavy (non-hydrogen) atoms. The van der Waals surface area contributed by atoms with Crippen molar-refractivity contribution in [3.63, 3.8) is 0 Å². The minimum Gasteiger partial charge on any atom is -0.396 e. The lowest BCUT2D eigenvalue weighted by atomic mass is 9.95. The van der Waals surface area contributed by atoms with Gasteiger partial charge in [-0.05, 0) is 43.2 Å². The van der Waals surface area contributed by atoms with Crippen molar-refractivity contribution in [1.82, 2.24) is 10.2 Å². The fourth-order valence-corrected chi connectivity index (χ4v) is 3.37. The van der Waals surface area contributed by atoms with Gasteiger partial charge in [-0.15, -0.1) is 0 Å². The van der Waals surface area contributed by atoms with Crippen LogP contribution >= 0.6 is 0 Å². The molecule has 1 atom stereocenters. The fraction of sp³-hybridized carbons (Fsp3) is 0.588. The third-order valence-electron chi connectivity index (χ3n) is 5.00. The number of aliphatic hydroxyl groups excluding tert-OH is 1. The van der Waals surface area contributed by atoms with Crippen LogP contribution in [0.2, 0.25) is 0 Å². The van der Waals surface area contributed by atoms with Gasteiger partial charge in [-0.3, -0.25) is 0 Å². The number of carbonyl (C=O) groups excluding carboxylic acids is 1. The quantitative estimate of drug-likeness (QED) is 0.894. The molecule has 3 rings (SSSR count). The zero-order valence-electron chi connectivity index (χ0n) is 13.0. The number of nitrogens with zero attached hydrogens (tertiary/aromatic N) is 1. The predicted octanol–water partition coefficient (Wildman–Crippen LogP) is 2.41. The number of rotatable bonds is 4. The summed E-state index contributed by atoms with van der Waals surface area (Å²) < 4.78 is 27.0.